The van der Waals surface area contributed by atoms with E-state index in [0.717, 1.165) is 0 Å². The molecular formula is C17H28N4O4S. The molecule has 26 heavy (non-hydrogen) atoms. The van der Waals surface area contributed by atoms with Gasteiger partial charge in [-0.15, -0.1) is 0 Å². The number of carbonyl (C=O) groups is 2. The number of carbonyl (C=O) groups excluding carboxylic acids is 2. The van der Waals surface area contributed by atoms with E-state index in [9.17, 15) is 18.0 Å². The van der Waals surface area contributed by atoms with E-state index in [0.29, 0.717) is 18.8 Å². The Morgan fingerprint density at radius 3 is 2.38 bits per heavy atom. The molecule has 0 bridgehead atoms. The van der Waals surface area contributed by atoms with Crippen LogP contribution in [-0.4, -0.2) is 50.3 Å². The van der Waals surface area contributed by atoms with Gasteiger partial charge in [-0.2, -0.15) is 0 Å². The second-order valence-corrected chi connectivity index (χ2v) is 8.60. The van der Waals surface area contributed by atoms with E-state index in [-0.39, 0.29) is 35.2 Å². The SMILES string of the molecule is CCN(CCC(=O)Nc1cccc(S(N)(=O)=O)c1)CC(=O)NC(C)(C)C. The smallest absolute Gasteiger partial charge is 0.238 e. The van der Waals surface area contributed by atoms with E-state index in [1.807, 2.05) is 32.6 Å². The number of likely N-dealkylation sites (N-methyl/N-ethyl adjacent to an activating group) is 1. The van der Waals surface area contributed by atoms with Gasteiger partial charge in [-0.05, 0) is 45.5 Å². The molecule has 1 rings (SSSR count). The molecule has 9 heteroatoms. The van der Waals surface area contributed by atoms with Crippen LogP contribution in [0, 0.1) is 0 Å². The lowest BCUT2D eigenvalue weighted by Gasteiger charge is -2.24. The number of anilines is 1. The highest BCUT2D eigenvalue weighted by molar-refractivity contribution is 7.89. The number of nitrogens with zero attached hydrogens (tertiary/aromatic N) is 1. The van der Waals surface area contributed by atoms with Crippen LogP contribution in [0.1, 0.15) is 34.1 Å². The van der Waals surface area contributed by atoms with Crippen LogP contribution in [0.15, 0.2) is 29.2 Å². The van der Waals surface area contributed by atoms with Gasteiger partial charge in [0.05, 0.1) is 11.4 Å². The molecule has 0 radical (unpaired) electrons. The maximum Gasteiger partial charge on any atom is 0.238 e. The van der Waals surface area contributed by atoms with Gasteiger partial charge >= 0.3 is 0 Å². The number of amides is 2. The van der Waals surface area contributed by atoms with Crippen molar-refractivity contribution in [3.05, 3.63) is 24.3 Å². The van der Waals surface area contributed by atoms with Gasteiger partial charge in [0.2, 0.25) is 21.8 Å². The molecule has 0 unspecified atom stereocenters. The fourth-order valence-electron chi connectivity index (χ4n) is 2.24. The predicted octanol–water partition coefficient (Wildman–Crippen LogP) is 0.899. The first-order valence-electron chi connectivity index (χ1n) is 8.37. The molecule has 146 valence electrons. The number of hydrogen-bond acceptors (Lipinski definition) is 5. The molecule has 0 spiro atoms. The van der Waals surface area contributed by atoms with Crippen molar-refractivity contribution in [2.45, 2.75) is 44.6 Å². The maximum absolute atomic E-state index is 12.1. The molecule has 1 aromatic rings. The lowest BCUT2D eigenvalue weighted by molar-refractivity contribution is -0.124. The van der Waals surface area contributed by atoms with Crippen molar-refractivity contribution in [3.8, 4) is 0 Å². The van der Waals surface area contributed by atoms with Gasteiger partial charge in [0, 0.05) is 24.2 Å². The zero-order valence-corrected chi connectivity index (χ0v) is 16.5. The maximum atomic E-state index is 12.1. The Labute approximate surface area is 155 Å². The molecule has 0 aliphatic rings. The highest BCUT2D eigenvalue weighted by Gasteiger charge is 2.17. The first kappa shape index (κ1) is 22.1. The largest absolute Gasteiger partial charge is 0.350 e. The van der Waals surface area contributed by atoms with E-state index >= 15 is 0 Å². The first-order valence-corrected chi connectivity index (χ1v) is 9.91. The Morgan fingerprint density at radius 1 is 1.19 bits per heavy atom. The Kier molecular flexibility index (Phi) is 7.73. The van der Waals surface area contributed by atoms with Crippen molar-refractivity contribution in [1.82, 2.24) is 10.2 Å². The number of primary sulfonamides is 1. The number of benzene rings is 1. The van der Waals surface area contributed by atoms with Crippen LogP contribution in [0.25, 0.3) is 0 Å². The van der Waals surface area contributed by atoms with Gasteiger partial charge in [0.15, 0.2) is 0 Å². The molecule has 0 aliphatic heterocycles. The van der Waals surface area contributed by atoms with Gasteiger partial charge in [0.25, 0.3) is 0 Å². The van der Waals surface area contributed by atoms with Crippen LogP contribution in [-0.2, 0) is 19.6 Å². The summed E-state index contributed by atoms with van der Waals surface area (Å²) in [5.74, 6) is -0.369. The summed E-state index contributed by atoms with van der Waals surface area (Å²) in [6.07, 6.45) is 0.177. The molecule has 0 aliphatic carbocycles. The number of nitrogens with two attached hydrogens (primary N) is 1. The number of sulfonamides is 1. The standard InChI is InChI=1S/C17H28N4O4S/c1-5-21(12-16(23)20-17(2,3)4)10-9-15(22)19-13-7-6-8-14(11-13)26(18,24)25/h6-8,11H,5,9-10,12H2,1-4H3,(H,19,22)(H,20,23)(H2,18,24,25). The normalized spacial score (nSPS) is 12.1. The summed E-state index contributed by atoms with van der Waals surface area (Å²) in [6, 6.07) is 5.75. The molecule has 0 saturated carbocycles. The Bertz CT molecular complexity index is 741. The lowest BCUT2D eigenvalue weighted by Crippen LogP contribution is -2.46. The Hall–Kier alpha value is -1.97. The molecule has 4 N–H and O–H groups in total. The van der Waals surface area contributed by atoms with Crippen LogP contribution >= 0.6 is 0 Å². The minimum absolute atomic E-state index is 0.0654. The van der Waals surface area contributed by atoms with Crippen molar-refractivity contribution in [2.75, 3.05) is 25.0 Å². The molecule has 0 atom stereocenters. The summed E-state index contributed by atoms with van der Waals surface area (Å²) in [4.78, 5) is 25.9. The van der Waals surface area contributed by atoms with E-state index in [1.54, 1.807) is 6.07 Å². The summed E-state index contributed by atoms with van der Waals surface area (Å²) in [5, 5.41) is 10.6. The molecule has 0 saturated heterocycles. The molecule has 0 aromatic heterocycles. The minimum atomic E-state index is -3.82. The zero-order chi connectivity index (χ0) is 20.0. The molecule has 8 nitrogen and oxygen atoms in total. The van der Waals surface area contributed by atoms with E-state index in [2.05, 4.69) is 10.6 Å². The van der Waals surface area contributed by atoms with Crippen molar-refractivity contribution < 1.29 is 18.0 Å². The highest BCUT2D eigenvalue weighted by atomic mass is 32.2. The number of rotatable bonds is 8. The highest BCUT2D eigenvalue weighted by Crippen LogP contribution is 2.14. The summed E-state index contributed by atoms with van der Waals surface area (Å²) in [5.41, 5.74) is 0.0532. The second kappa shape index (κ2) is 9.11. The van der Waals surface area contributed by atoms with Gasteiger partial charge in [-0.1, -0.05) is 13.0 Å². The average Bonchev–Trinajstić information content (AvgIpc) is 2.49. The van der Waals surface area contributed by atoms with Gasteiger partial charge in [-0.25, -0.2) is 13.6 Å². The number of hydrogen-bond donors (Lipinski definition) is 3. The van der Waals surface area contributed by atoms with Crippen LogP contribution in [0.2, 0.25) is 0 Å². The Morgan fingerprint density at radius 2 is 1.85 bits per heavy atom. The van der Waals surface area contributed by atoms with E-state index in [4.69, 9.17) is 5.14 Å². The summed E-state index contributed by atoms with van der Waals surface area (Å²) < 4.78 is 22.7. The summed E-state index contributed by atoms with van der Waals surface area (Å²) in [7, 11) is -3.82. The Balaban J connectivity index is 2.56. The average molecular weight is 385 g/mol. The molecular weight excluding hydrogens is 356 g/mol. The zero-order valence-electron chi connectivity index (χ0n) is 15.7. The van der Waals surface area contributed by atoms with Crippen molar-refractivity contribution >= 4 is 27.5 Å². The van der Waals surface area contributed by atoms with E-state index in [1.165, 1.54) is 18.2 Å². The first-order chi connectivity index (χ1) is 11.9. The second-order valence-electron chi connectivity index (χ2n) is 7.04. The van der Waals surface area contributed by atoms with Gasteiger partial charge < -0.3 is 10.6 Å². The lowest BCUT2D eigenvalue weighted by atomic mass is 10.1. The van der Waals surface area contributed by atoms with Gasteiger partial charge in [-0.3, -0.25) is 14.5 Å². The summed E-state index contributed by atoms with van der Waals surface area (Å²) >= 11 is 0. The van der Waals surface area contributed by atoms with Crippen LogP contribution in [0.3, 0.4) is 0 Å². The summed E-state index contributed by atoms with van der Waals surface area (Å²) in [6.45, 7) is 8.89. The fraction of sp³-hybridized carbons (Fsp3) is 0.529. The predicted molar refractivity (Wildman–Crippen MR) is 101 cm³/mol. The van der Waals surface area contributed by atoms with Crippen LogP contribution in [0.4, 0.5) is 5.69 Å². The van der Waals surface area contributed by atoms with Crippen LogP contribution < -0.4 is 15.8 Å². The number of nitrogens with one attached hydrogen (secondary N) is 2. The van der Waals surface area contributed by atoms with Crippen molar-refractivity contribution in [3.63, 3.8) is 0 Å². The van der Waals surface area contributed by atoms with Gasteiger partial charge in [0.1, 0.15) is 0 Å². The molecule has 0 fully saturated rings. The third-order valence-corrected chi connectivity index (χ3v) is 4.34. The topological polar surface area (TPSA) is 122 Å². The quantitative estimate of drug-likeness (QED) is 0.615. The van der Waals surface area contributed by atoms with Crippen molar-refractivity contribution in [2.24, 2.45) is 5.14 Å². The monoisotopic (exact) mass is 384 g/mol. The molecule has 0 heterocycles. The minimum Gasteiger partial charge on any atom is -0.350 e. The third kappa shape index (κ3) is 8.41. The third-order valence-electron chi connectivity index (χ3n) is 3.43. The molecule has 2 amide bonds. The van der Waals surface area contributed by atoms with Crippen LogP contribution in [0.5, 0.6) is 0 Å². The van der Waals surface area contributed by atoms with E-state index < -0.39 is 10.0 Å². The molecule has 1 aromatic carbocycles. The van der Waals surface area contributed by atoms with Crippen molar-refractivity contribution in [1.29, 1.82) is 0 Å². The fourth-order valence-corrected chi connectivity index (χ4v) is 2.80.